The fourth-order valence-corrected chi connectivity index (χ4v) is 2.05. The standard InChI is InChI=1S/C13H11Cl2FN2/c1-8(9-4-11(16)7-17-6-9)18-13-3-2-10(14)5-12(13)15/h2-8,18H,1H3. The van der Waals surface area contributed by atoms with Crippen molar-refractivity contribution in [3.63, 3.8) is 0 Å². The van der Waals surface area contributed by atoms with Crippen LogP contribution in [0.5, 0.6) is 0 Å². The molecule has 0 radical (unpaired) electrons. The van der Waals surface area contributed by atoms with Crippen LogP contribution in [-0.2, 0) is 0 Å². The molecular formula is C13H11Cl2FN2. The van der Waals surface area contributed by atoms with Crippen LogP contribution in [0.1, 0.15) is 18.5 Å². The SMILES string of the molecule is CC(Nc1ccc(Cl)cc1Cl)c1cncc(F)c1. The summed E-state index contributed by atoms with van der Waals surface area (Å²) in [6.45, 7) is 1.90. The van der Waals surface area contributed by atoms with E-state index in [9.17, 15) is 4.39 Å². The maximum absolute atomic E-state index is 13.1. The van der Waals surface area contributed by atoms with Gasteiger partial charge in [0, 0.05) is 11.2 Å². The summed E-state index contributed by atoms with van der Waals surface area (Å²) in [5.41, 5.74) is 1.50. The molecule has 0 saturated heterocycles. The third-order valence-electron chi connectivity index (χ3n) is 2.53. The van der Waals surface area contributed by atoms with Gasteiger partial charge in [0.1, 0.15) is 5.82 Å². The molecule has 0 spiro atoms. The van der Waals surface area contributed by atoms with Gasteiger partial charge in [-0.25, -0.2) is 4.39 Å². The number of nitrogens with one attached hydrogen (secondary N) is 1. The Bertz CT molecular complexity index is 560. The molecule has 1 N–H and O–H groups in total. The maximum Gasteiger partial charge on any atom is 0.141 e. The van der Waals surface area contributed by atoms with Crippen LogP contribution in [0, 0.1) is 5.82 Å². The summed E-state index contributed by atoms with van der Waals surface area (Å²) in [4.78, 5) is 3.81. The largest absolute Gasteiger partial charge is 0.377 e. The Morgan fingerprint density at radius 1 is 1.22 bits per heavy atom. The normalized spacial score (nSPS) is 12.2. The van der Waals surface area contributed by atoms with Gasteiger partial charge < -0.3 is 5.32 Å². The highest BCUT2D eigenvalue weighted by Gasteiger charge is 2.09. The van der Waals surface area contributed by atoms with Crippen molar-refractivity contribution in [2.45, 2.75) is 13.0 Å². The first kappa shape index (κ1) is 13.1. The third-order valence-corrected chi connectivity index (χ3v) is 3.08. The van der Waals surface area contributed by atoms with Crippen LogP contribution in [0.4, 0.5) is 10.1 Å². The first-order chi connectivity index (χ1) is 8.56. The summed E-state index contributed by atoms with van der Waals surface area (Å²) < 4.78 is 13.1. The molecule has 0 amide bonds. The zero-order valence-electron chi connectivity index (χ0n) is 9.62. The van der Waals surface area contributed by atoms with Crippen molar-refractivity contribution in [1.82, 2.24) is 4.98 Å². The lowest BCUT2D eigenvalue weighted by molar-refractivity contribution is 0.616. The molecule has 1 heterocycles. The summed E-state index contributed by atoms with van der Waals surface area (Å²) >= 11 is 11.9. The fraction of sp³-hybridized carbons (Fsp3) is 0.154. The van der Waals surface area contributed by atoms with E-state index in [1.807, 2.05) is 6.92 Å². The molecule has 1 unspecified atom stereocenters. The Morgan fingerprint density at radius 3 is 2.67 bits per heavy atom. The zero-order chi connectivity index (χ0) is 13.1. The Morgan fingerprint density at radius 2 is 2.00 bits per heavy atom. The minimum Gasteiger partial charge on any atom is -0.377 e. The van der Waals surface area contributed by atoms with Crippen LogP contribution in [0.15, 0.2) is 36.7 Å². The van der Waals surface area contributed by atoms with Crippen LogP contribution in [0.3, 0.4) is 0 Å². The Hall–Kier alpha value is -1.32. The fourth-order valence-electron chi connectivity index (χ4n) is 1.59. The van der Waals surface area contributed by atoms with Gasteiger partial charge in [0.2, 0.25) is 0 Å². The summed E-state index contributed by atoms with van der Waals surface area (Å²) in [5.74, 6) is -0.358. The minimum atomic E-state index is -0.358. The van der Waals surface area contributed by atoms with Crippen molar-refractivity contribution < 1.29 is 4.39 Å². The molecule has 2 nitrogen and oxygen atoms in total. The predicted octanol–water partition coefficient (Wildman–Crippen LogP) is 4.70. The van der Waals surface area contributed by atoms with Crippen LogP contribution >= 0.6 is 23.2 Å². The van der Waals surface area contributed by atoms with Gasteiger partial charge in [-0.15, -0.1) is 0 Å². The topological polar surface area (TPSA) is 24.9 Å². The smallest absolute Gasteiger partial charge is 0.141 e. The van der Waals surface area contributed by atoms with E-state index in [4.69, 9.17) is 23.2 Å². The van der Waals surface area contributed by atoms with Gasteiger partial charge in [0.05, 0.1) is 22.9 Å². The number of nitrogens with zero attached hydrogens (tertiary/aromatic N) is 1. The van der Waals surface area contributed by atoms with Crippen molar-refractivity contribution in [3.8, 4) is 0 Å². The average molecular weight is 285 g/mol. The Kier molecular flexibility index (Phi) is 4.04. The highest BCUT2D eigenvalue weighted by atomic mass is 35.5. The molecule has 0 fully saturated rings. The van der Waals surface area contributed by atoms with Gasteiger partial charge in [-0.1, -0.05) is 23.2 Å². The molecule has 0 bridgehead atoms. The number of pyridine rings is 1. The van der Waals surface area contributed by atoms with E-state index in [1.165, 1.54) is 12.3 Å². The van der Waals surface area contributed by atoms with Crippen LogP contribution in [0.2, 0.25) is 10.0 Å². The summed E-state index contributed by atoms with van der Waals surface area (Å²) in [6.07, 6.45) is 2.79. The Balaban J connectivity index is 2.18. The van der Waals surface area contributed by atoms with Crippen molar-refractivity contribution in [1.29, 1.82) is 0 Å². The van der Waals surface area contributed by atoms with Crippen molar-refractivity contribution in [3.05, 3.63) is 58.1 Å². The number of hydrogen-bond acceptors (Lipinski definition) is 2. The average Bonchev–Trinajstić information content (AvgIpc) is 2.32. The van der Waals surface area contributed by atoms with E-state index in [2.05, 4.69) is 10.3 Å². The Labute approximate surface area is 115 Å². The van der Waals surface area contributed by atoms with Crippen LogP contribution < -0.4 is 5.32 Å². The molecule has 2 aromatic rings. The number of hydrogen-bond donors (Lipinski definition) is 1. The van der Waals surface area contributed by atoms with Gasteiger partial charge in [0.25, 0.3) is 0 Å². The van der Waals surface area contributed by atoms with Crippen LogP contribution in [0.25, 0.3) is 0 Å². The monoisotopic (exact) mass is 284 g/mol. The van der Waals surface area contributed by atoms with E-state index in [0.717, 1.165) is 11.3 Å². The number of rotatable bonds is 3. The van der Waals surface area contributed by atoms with Gasteiger partial charge >= 0.3 is 0 Å². The zero-order valence-corrected chi connectivity index (χ0v) is 11.1. The summed E-state index contributed by atoms with van der Waals surface area (Å²) in [7, 11) is 0. The predicted molar refractivity (Wildman–Crippen MR) is 72.7 cm³/mol. The number of benzene rings is 1. The molecule has 1 atom stereocenters. The molecule has 18 heavy (non-hydrogen) atoms. The van der Waals surface area contributed by atoms with Crippen molar-refractivity contribution in [2.24, 2.45) is 0 Å². The van der Waals surface area contributed by atoms with Gasteiger partial charge in [-0.2, -0.15) is 0 Å². The third kappa shape index (κ3) is 3.12. The van der Waals surface area contributed by atoms with E-state index in [1.54, 1.807) is 24.4 Å². The second-order valence-corrected chi connectivity index (χ2v) is 4.77. The van der Waals surface area contributed by atoms with Crippen molar-refractivity contribution >= 4 is 28.9 Å². The molecule has 2 rings (SSSR count). The summed E-state index contributed by atoms with van der Waals surface area (Å²) in [5, 5.41) is 4.28. The van der Waals surface area contributed by atoms with E-state index < -0.39 is 0 Å². The van der Waals surface area contributed by atoms with E-state index in [0.29, 0.717) is 10.0 Å². The molecule has 1 aromatic heterocycles. The van der Waals surface area contributed by atoms with Crippen LogP contribution in [-0.4, -0.2) is 4.98 Å². The molecule has 0 aliphatic rings. The lowest BCUT2D eigenvalue weighted by Crippen LogP contribution is -2.07. The number of aromatic nitrogens is 1. The highest BCUT2D eigenvalue weighted by Crippen LogP contribution is 2.28. The van der Waals surface area contributed by atoms with E-state index >= 15 is 0 Å². The van der Waals surface area contributed by atoms with E-state index in [-0.39, 0.29) is 11.9 Å². The minimum absolute atomic E-state index is 0.105. The second kappa shape index (κ2) is 5.55. The number of halogens is 3. The van der Waals surface area contributed by atoms with Gasteiger partial charge in [-0.3, -0.25) is 4.98 Å². The molecule has 94 valence electrons. The molecule has 1 aromatic carbocycles. The molecule has 0 aliphatic heterocycles. The maximum atomic E-state index is 13.1. The van der Waals surface area contributed by atoms with Gasteiger partial charge in [0.15, 0.2) is 0 Å². The number of anilines is 1. The first-order valence-corrected chi connectivity index (χ1v) is 6.14. The lowest BCUT2D eigenvalue weighted by atomic mass is 10.1. The molecule has 0 aliphatic carbocycles. The van der Waals surface area contributed by atoms with Crippen molar-refractivity contribution in [2.75, 3.05) is 5.32 Å². The molecule has 5 heteroatoms. The molecule has 0 saturated carbocycles. The van der Waals surface area contributed by atoms with Gasteiger partial charge in [-0.05, 0) is 36.8 Å². The first-order valence-electron chi connectivity index (χ1n) is 5.38. The lowest BCUT2D eigenvalue weighted by Gasteiger charge is -2.16. The second-order valence-electron chi connectivity index (χ2n) is 3.93. The summed E-state index contributed by atoms with van der Waals surface area (Å²) in [6, 6.07) is 6.52. The quantitative estimate of drug-likeness (QED) is 0.884. The molecular weight excluding hydrogens is 274 g/mol. The highest BCUT2D eigenvalue weighted by molar-refractivity contribution is 6.36.